The number of hydrogen-bond acceptors (Lipinski definition) is 2. The lowest BCUT2D eigenvalue weighted by atomic mass is 9.93. The molecule has 0 saturated carbocycles. The van der Waals surface area contributed by atoms with Gasteiger partial charge in [-0.05, 0) is 11.6 Å². The molecule has 0 spiro atoms. The lowest BCUT2D eigenvalue weighted by molar-refractivity contribution is -0.117. The van der Waals surface area contributed by atoms with Crippen molar-refractivity contribution in [2.75, 3.05) is 5.88 Å². The molecule has 0 amide bonds. The zero-order valence-corrected chi connectivity index (χ0v) is 11.9. The van der Waals surface area contributed by atoms with Gasteiger partial charge < -0.3 is 0 Å². The summed E-state index contributed by atoms with van der Waals surface area (Å²) in [5.74, 6) is -0.400. The van der Waals surface area contributed by atoms with E-state index in [1.807, 2.05) is 24.3 Å². The Morgan fingerprint density at radius 2 is 1.65 bits per heavy atom. The quantitative estimate of drug-likeness (QED) is 0.618. The molecule has 0 saturated heterocycles. The van der Waals surface area contributed by atoms with E-state index in [-0.39, 0.29) is 23.4 Å². The van der Waals surface area contributed by atoms with Gasteiger partial charge in [0.2, 0.25) is 0 Å². The molecule has 0 aromatic heterocycles. The van der Waals surface area contributed by atoms with E-state index in [0.29, 0.717) is 11.1 Å². The minimum absolute atomic E-state index is 0.0158. The van der Waals surface area contributed by atoms with Crippen LogP contribution in [0, 0.1) is 0 Å². The van der Waals surface area contributed by atoms with Crippen molar-refractivity contribution in [2.45, 2.75) is 12.8 Å². The highest BCUT2D eigenvalue weighted by atomic mass is 35.5. The number of carbonyl (C=O) groups excluding carboxylic acids is 2. The van der Waals surface area contributed by atoms with Gasteiger partial charge in [0.05, 0.1) is 5.88 Å². The van der Waals surface area contributed by atoms with Crippen molar-refractivity contribution in [3.8, 4) is 0 Å². The predicted octanol–water partition coefficient (Wildman–Crippen LogP) is 3.83. The Bertz CT molecular complexity index is 620. The molecule has 0 fully saturated rings. The second kappa shape index (κ2) is 6.49. The molecule has 0 bridgehead atoms. The van der Waals surface area contributed by atoms with Gasteiger partial charge in [0.15, 0.2) is 11.6 Å². The lowest BCUT2D eigenvalue weighted by Crippen LogP contribution is -2.11. The van der Waals surface area contributed by atoms with Crippen LogP contribution in [0.4, 0.5) is 0 Å². The van der Waals surface area contributed by atoms with Crippen LogP contribution in [0.2, 0.25) is 0 Å². The van der Waals surface area contributed by atoms with E-state index >= 15 is 0 Å². The average molecular weight is 287 g/mol. The Morgan fingerprint density at radius 1 is 1.00 bits per heavy atom. The van der Waals surface area contributed by atoms with Gasteiger partial charge >= 0.3 is 0 Å². The van der Waals surface area contributed by atoms with Crippen LogP contribution >= 0.6 is 11.6 Å². The summed E-state index contributed by atoms with van der Waals surface area (Å²) in [4.78, 5) is 24.0. The van der Waals surface area contributed by atoms with Crippen LogP contribution in [0.3, 0.4) is 0 Å². The van der Waals surface area contributed by atoms with Crippen LogP contribution in [0.5, 0.6) is 0 Å². The van der Waals surface area contributed by atoms with Crippen LogP contribution < -0.4 is 0 Å². The fourth-order valence-electron chi connectivity index (χ4n) is 2.01. The lowest BCUT2D eigenvalue weighted by Gasteiger charge is -2.10. The summed E-state index contributed by atoms with van der Waals surface area (Å²) < 4.78 is 0. The predicted molar refractivity (Wildman–Crippen MR) is 80.5 cm³/mol. The first-order valence-electron chi connectivity index (χ1n) is 6.42. The highest BCUT2D eigenvalue weighted by Crippen LogP contribution is 2.20. The van der Waals surface area contributed by atoms with Crippen LogP contribution in [-0.4, -0.2) is 17.4 Å². The molecule has 0 aliphatic heterocycles. The van der Waals surface area contributed by atoms with E-state index in [4.69, 9.17) is 11.6 Å². The van der Waals surface area contributed by atoms with Gasteiger partial charge in [-0.2, -0.15) is 0 Å². The molecular weight excluding hydrogens is 272 g/mol. The van der Waals surface area contributed by atoms with Gasteiger partial charge in [0, 0.05) is 17.0 Å². The summed E-state index contributed by atoms with van der Waals surface area (Å²) in [5.41, 5.74) is 2.04. The highest BCUT2D eigenvalue weighted by Gasteiger charge is 2.16. The molecule has 1 unspecified atom stereocenters. The van der Waals surface area contributed by atoms with Gasteiger partial charge in [-0.1, -0.05) is 55.5 Å². The average Bonchev–Trinajstić information content (AvgIpc) is 2.53. The maximum Gasteiger partial charge on any atom is 0.193 e. The molecule has 3 heteroatoms. The SMILES string of the molecule is CC(C(=O)CCl)c1cccc(C(=O)c2ccccc2)c1. The fourth-order valence-corrected chi connectivity index (χ4v) is 2.24. The van der Waals surface area contributed by atoms with Gasteiger partial charge in [0.25, 0.3) is 0 Å². The largest absolute Gasteiger partial charge is 0.298 e. The number of halogens is 1. The van der Waals surface area contributed by atoms with E-state index in [0.717, 1.165) is 5.56 Å². The van der Waals surface area contributed by atoms with E-state index in [9.17, 15) is 9.59 Å². The Hall–Kier alpha value is -1.93. The van der Waals surface area contributed by atoms with Gasteiger partial charge in [-0.15, -0.1) is 11.6 Å². The summed E-state index contributed by atoms with van der Waals surface area (Å²) in [6.45, 7) is 1.80. The smallest absolute Gasteiger partial charge is 0.193 e. The molecule has 2 nitrogen and oxygen atoms in total. The maximum atomic E-state index is 12.3. The molecular formula is C17H15ClO2. The Kier molecular flexibility index (Phi) is 4.70. The second-order valence-corrected chi connectivity index (χ2v) is 4.91. The molecule has 2 aromatic rings. The van der Waals surface area contributed by atoms with Crippen molar-refractivity contribution < 1.29 is 9.59 Å². The van der Waals surface area contributed by atoms with Crippen molar-refractivity contribution in [3.63, 3.8) is 0 Å². The molecule has 0 radical (unpaired) electrons. The van der Waals surface area contributed by atoms with Crippen LogP contribution in [0.25, 0.3) is 0 Å². The summed E-state index contributed by atoms with van der Waals surface area (Å²) in [5, 5.41) is 0. The number of hydrogen-bond donors (Lipinski definition) is 0. The summed E-state index contributed by atoms with van der Waals surface area (Å²) in [6.07, 6.45) is 0. The minimum Gasteiger partial charge on any atom is -0.298 e. The highest BCUT2D eigenvalue weighted by molar-refractivity contribution is 6.28. The first-order valence-corrected chi connectivity index (χ1v) is 6.95. The monoisotopic (exact) mass is 286 g/mol. The summed E-state index contributed by atoms with van der Waals surface area (Å²) >= 11 is 5.58. The van der Waals surface area contributed by atoms with E-state index in [2.05, 4.69) is 0 Å². The van der Waals surface area contributed by atoms with Crippen molar-refractivity contribution in [1.82, 2.24) is 0 Å². The molecule has 0 N–H and O–H groups in total. The Morgan fingerprint density at radius 3 is 2.30 bits per heavy atom. The second-order valence-electron chi connectivity index (χ2n) is 4.64. The number of alkyl halides is 1. The topological polar surface area (TPSA) is 34.1 Å². The Balaban J connectivity index is 2.31. The third kappa shape index (κ3) is 3.14. The van der Waals surface area contributed by atoms with Crippen molar-refractivity contribution in [3.05, 3.63) is 71.3 Å². The molecule has 20 heavy (non-hydrogen) atoms. The molecule has 2 aromatic carbocycles. The standard InChI is InChI=1S/C17H15ClO2/c1-12(16(19)11-18)14-8-5-9-15(10-14)17(20)13-6-3-2-4-7-13/h2-10,12H,11H2,1H3. The van der Waals surface area contributed by atoms with E-state index in [1.54, 1.807) is 37.3 Å². The first kappa shape index (κ1) is 14.5. The molecule has 0 heterocycles. The van der Waals surface area contributed by atoms with Crippen molar-refractivity contribution >= 4 is 23.2 Å². The minimum atomic E-state index is -0.295. The fraction of sp³-hybridized carbons (Fsp3) is 0.176. The maximum absolute atomic E-state index is 12.3. The van der Waals surface area contributed by atoms with E-state index in [1.165, 1.54) is 0 Å². The van der Waals surface area contributed by atoms with E-state index < -0.39 is 0 Å². The van der Waals surface area contributed by atoms with Gasteiger partial charge in [0.1, 0.15) is 0 Å². The van der Waals surface area contributed by atoms with Gasteiger partial charge in [-0.3, -0.25) is 9.59 Å². The zero-order valence-electron chi connectivity index (χ0n) is 11.2. The van der Waals surface area contributed by atoms with Gasteiger partial charge in [-0.25, -0.2) is 0 Å². The van der Waals surface area contributed by atoms with Crippen LogP contribution in [0.15, 0.2) is 54.6 Å². The van der Waals surface area contributed by atoms with Crippen LogP contribution in [0.1, 0.15) is 34.3 Å². The number of ketones is 2. The zero-order chi connectivity index (χ0) is 14.5. The number of Topliss-reactive ketones (excluding diaryl/α,β-unsaturated/α-hetero) is 1. The Labute approximate surface area is 123 Å². The van der Waals surface area contributed by atoms with Crippen molar-refractivity contribution in [2.24, 2.45) is 0 Å². The molecule has 2 rings (SSSR count). The van der Waals surface area contributed by atoms with Crippen LogP contribution in [-0.2, 0) is 4.79 Å². The number of carbonyl (C=O) groups is 2. The molecule has 1 atom stereocenters. The molecule has 0 aliphatic carbocycles. The third-order valence-corrected chi connectivity index (χ3v) is 3.56. The first-order chi connectivity index (χ1) is 9.63. The number of benzene rings is 2. The number of rotatable bonds is 5. The molecule has 102 valence electrons. The normalized spacial score (nSPS) is 11.9. The summed E-state index contributed by atoms with van der Waals surface area (Å²) in [6, 6.07) is 16.3. The van der Waals surface area contributed by atoms with Crippen molar-refractivity contribution in [1.29, 1.82) is 0 Å². The third-order valence-electron chi connectivity index (χ3n) is 3.30. The molecule has 0 aliphatic rings. The summed E-state index contributed by atoms with van der Waals surface area (Å²) in [7, 11) is 0.